The molecule has 2 fully saturated rings. The molecule has 1 aromatic carbocycles. The Balaban J connectivity index is 1.46. The zero-order valence-electron chi connectivity index (χ0n) is 14.0. The molecule has 2 saturated heterocycles. The number of rotatable bonds is 4. The molecular formula is C17H25N2O3S2+. The van der Waals surface area contributed by atoms with Crippen LogP contribution in [0.2, 0.25) is 0 Å². The average Bonchev–Trinajstić information content (AvgIpc) is 2.94. The summed E-state index contributed by atoms with van der Waals surface area (Å²) in [6, 6.07) is 8.35. The molecule has 0 aromatic heterocycles. The van der Waals surface area contributed by atoms with Crippen molar-refractivity contribution in [3.8, 4) is 0 Å². The molecule has 5 nitrogen and oxygen atoms in total. The van der Waals surface area contributed by atoms with Crippen LogP contribution in [0.5, 0.6) is 0 Å². The largest absolute Gasteiger partial charge is 0.331 e. The predicted octanol–water partition coefficient (Wildman–Crippen LogP) is 0.00132. The Hall–Kier alpha value is -1.05. The number of hydrogen-bond acceptors (Lipinski definition) is 4. The summed E-state index contributed by atoms with van der Waals surface area (Å²) in [6.07, 6.45) is 0.773. The van der Waals surface area contributed by atoms with Crippen molar-refractivity contribution in [1.29, 1.82) is 0 Å². The number of nitrogens with one attached hydrogen (secondary N) is 1. The van der Waals surface area contributed by atoms with Crippen LogP contribution in [0.25, 0.3) is 0 Å². The highest BCUT2D eigenvalue weighted by Crippen LogP contribution is 2.22. The second-order valence-corrected chi connectivity index (χ2v) is 9.94. The topological polar surface area (TPSA) is 58.9 Å². The predicted molar refractivity (Wildman–Crippen MR) is 96.2 cm³/mol. The molecule has 0 unspecified atom stereocenters. The van der Waals surface area contributed by atoms with Crippen LogP contribution in [-0.2, 0) is 14.6 Å². The molecule has 3 rings (SSSR count). The van der Waals surface area contributed by atoms with Crippen LogP contribution >= 0.6 is 11.8 Å². The van der Waals surface area contributed by atoms with Crippen LogP contribution in [0.3, 0.4) is 0 Å². The highest BCUT2D eigenvalue weighted by molar-refractivity contribution is 8.00. The van der Waals surface area contributed by atoms with E-state index in [2.05, 4.69) is 19.1 Å². The molecule has 24 heavy (non-hydrogen) atoms. The zero-order valence-corrected chi connectivity index (χ0v) is 15.7. The van der Waals surface area contributed by atoms with Crippen LogP contribution in [0.1, 0.15) is 12.0 Å². The first-order valence-corrected chi connectivity index (χ1v) is 11.3. The Morgan fingerprint density at radius 2 is 2.00 bits per heavy atom. The second-order valence-electron chi connectivity index (χ2n) is 6.69. The first-order valence-electron chi connectivity index (χ1n) is 8.46. The molecule has 132 valence electrons. The van der Waals surface area contributed by atoms with Gasteiger partial charge >= 0.3 is 0 Å². The van der Waals surface area contributed by atoms with Gasteiger partial charge in [0.25, 0.3) is 0 Å². The molecule has 7 heteroatoms. The maximum atomic E-state index is 12.4. The molecule has 1 atom stereocenters. The Morgan fingerprint density at radius 3 is 2.62 bits per heavy atom. The normalized spacial score (nSPS) is 24.2. The zero-order chi connectivity index (χ0) is 17.2. The average molecular weight is 370 g/mol. The summed E-state index contributed by atoms with van der Waals surface area (Å²) >= 11 is 1.60. The van der Waals surface area contributed by atoms with E-state index in [1.54, 1.807) is 11.8 Å². The number of amides is 1. The molecule has 2 aliphatic rings. The summed E-state index contributed by atoms with van der Waals surface area (Å²) in [5.74, 6) is 1.30. The van der Waals surface area contributed by atoms with Crippen molar-refractivity contribution < 1.29 is 18.1 Å². The number of piperazine rings is 1. The van der Waals surface area contributed by atoms with E-state index in [4.69, 9.17) is 0 Å². The maximum Gasteiger partial charge on any atom is 0.233 e. The van der Waals surface area contributed by atoms with Gasteiger partial charge in [-0.1, -0.05) is 18.2 Å². The van der Waals surface area contributed by atoms with Crippen LogP contribution in [-0.4, -0.2) is 68.7 Å². The van der Waals surface area contributed by atoms with Crippen molar-refractivity contribution in [3.63, 3.8) is 0 Å². The van der Waals surface area contributed by atoms with E-state index < -0.39 is 9.84 Å². The van der Waals surface area contributed by atoms with E-state index in [1.165, 1.54) is 10.5 Å². The van der Waals surface area contributed by atoms with Gasteiger partial charge in [-0.05, 0) is 18.6 Å². The van der Waals surface area contributed by atoms with Crippen molar-refractivity contribution in [1.82, 2.24) is 4.90 Å². The first kappa shape index (κ1) is 17.8. The Labute approximate surface area is 148 Å². The summed E-state index contributed by atoms with van der Waals surface area (Å²) in [7, 11) is -2.82. The number of nitrogens with zero attached hydrogens (tertiary/aromatic N) is 1. The second kappa shape index (κ2) is 7.45. The van der Waals surface area contributed by atoms with Crippen molar-refractivity contribution in [2.75, 3.05) is 43.4 Å². The Bertz CT molecular complexity index is 698. The van der Waals surface area contributed by atoms with Crippen LogP contribution in [0.4, 0.5) is 0 Å². The van der Waals surface area contributed by atoms with Gasteiger partial charge in [0.1, 0.15) is 11.8 Å². The molecule has 1 N–H and O–H groups in total. The molecule has 0 bridgehead atoms. The number of aryl methyl sites for hydroxylation is 1. The fraction of sp³-hybridized carbons (Fsp3) is 0.588. The van der Waals surface area contributed by atoms with Crippen LogP contribution in [0, 0.1) is 6.92 Å². The summed E-state index contributed by atoms with van der Waals surface area (Å²) in [5.41, 5.74) is 1.20. The minimum absolute atomic E-state index is 0.182. The number of benzene rings is 1. The molecule has 0 radical (unpaired) electrons. The number of sulfone groups is 1. The van der Waals surface area contributed by atoms with E-state index in [9.17, 15) is 13.2 Å². The van der Waals surface area contributed by atoms with Gasteiger partial charge in [-0.3, -0.25) is 4.79 Å². The lowest BCUT2D eigenvalue weighted by atomic mass is 10.2. The maximum absolute atomic E-state index is 12.4. The van der Waals surface area contributed by atoms with Gasteiger partial charge in [0.2, 0.25) is 5.91 Å². The van der Waals surface area contributed by atoms with Crippen molar-refractivity contribution in [3.05, 3.63) is 29.8 Å². The standard InChI is InChI=1S/C17H24N2O3S2/c1-14-4-2-3-5-16(14)23-12-17(20)19-9-7-18(8-10-19)15-6-11-24(21,22)13-15/h2-5,15H,6-13H2,1H3/p+1/t15-/m1/s1. The van der Waals surface area contributed by atoms with E-state index in [0.29, 0.717) is 17.3 Å². The minimum Gasteiger partial charge on any atom is -0.331 e. The molecule has 0 spiro atoms. The first-order chi connectivity index (χ1) is 11.4. The number of carbonyl (C=O) groups excluding carboxylic acids is 1. The molecule has 2 aliphatic heterocycles. The quantitative estimate of drug-likeness (QED) is 0.759. The fourth-order valence-corrected chi connectivity index (χ4v) is 6.28. The lowest BCUT2D eigenvalue weighted by Gasteiger charge is -2.35. The molecule has 0 aliphatic carbocycles. The monoisotopic (exact) mass is 369 g/mol. The molecule has 1 aromatic rings. The summed E-state index contributed by atoms with van der Waals surface area (Å²) in [4.78, 5) is 16.9. The van der Waals surface area contributed by atoms with Crippen LogP contribution < -0.4 is 4.90 Å². The lowest BCUT2D eigenvalue weighted by Crippen LogP contribution is -3.18. The number of carbonyl (C=O) groups is 1. The Kier molecular flexibility index (Phi) is 5.52. The summed E-state index contributed by atoms with van der Waals surface area (Å²) < 4.78 is 23.2. The number of thioether (sulfide) groups is 1. The molecule has 1 amide bonds. The third kappa shape index (κ3) is 4.32. The molecule has 0 saturated carbocycles. The van der Waals surface area contributed by atoms with Crippen molar-refractivity contribution in [2.45, 2.75) is 24.3 Å². The summed E-state index contributed by atoms with van der Waals surface area (Å²) in [5, 5.41) is 0. The van der Waals surface area contributed by atoms with Gasteiger partial charge in [0.05, 0.1) is 37.7 Å². The van der Waals surface area contributed by atoms with Crippen molar-refractivity contribution in [2.24, 2.45) is 0 Å². The third-order valence-corrected chi connectivity index (χ3v) is 7.94. The van der Waals surface area contributed by atoms with Gasteiger partial charge in [-0.25, -0.2) is 8.42 Å². The smallest absolute Gasteiger partial charge is 0.233 e. The minimum atomic E-state index is -2.82. The molecular weight excluding hydrogens is 344 g/mol. The van der Waals surface area contributed by atoms with E-state index >= 15 is 0 Å². The number of hydrogen-bond donors (Lipinski definition) is 1. The van der Waals surface area contributed by atoms with E-state index in [1.807, 2.05) is 17.0 Å². The number of quaternary nitrogens is 1. The van der Waals surface area contributed by atoms with Gasteiger partial charge in [0, 0.05) is 11.3 Å². The fourth-order valence-electron chi connectivity index (χ4n) is 3.52. The van der Waals surface area contributed by atoms with E-state index in [-0.39, 0.29) is 11.9 Å². The third-order valence-electron chi connectivity index (χ3n) is 5.01. The summed E-state index contributed by atoms with van der Waals surface area (Å²) in [6.45, 7) is 5.25. The van der Waals surface area contributed by atoms with E-state index in [0.717, 1.165) is 37.5 Å². The highest BCUT2D eigenvalue weighted by atomic mass is 32.2. The van der Waals surface area contributed by atoms with Crippen LogP contribution in [0.15, 0.2) is 29.2 Å². The SMILES string of the molecule is Cc1ccccc1SCC(=O)N1CC[NH+]([C@@H]2CCS(=O)(=O)C2)CC1. The lowest BCUT2D eigenvalue weighted by molar-refractivity contribution is -0.925. The van der Waals surface area contributed by atoms with Gasteiger partial charge < -0.3 is 9.80 Å². The molecule has 2 heterocycles. The van der Waals surface area contributed by atoms with Crippen molar-refractivity contribution >= 4 is 27.5 Å². The van der Waals surface area contributed by atoms with Gasteiger partial charge in [-0.15, -0.1) is 11.8 Å². The highest BCUT2D eigenvalue weighted by Gasteiger charge is 2.37. The van der Waals surface area contributed by atoms with Gasteiger partial charge in [0.15, 0.2) is 9.84 Å². The Morgan fingerprint density at radius 1 is 1.29 bits per heavy atom. The van der Waals surface area contributed by atoms with Gasteiger partial charge in [-0.2, -0.15) is 0 Å².